The molecule has 0 atom stereocenters. The van der Waals surface area contributed by atoms with Crippen LogP contribution in [0, 0.1) is 29.1 Å². The third kappa shape index (κ3) is 3.63. The standard InChI is InChI=1S/C34H19F8N/c1-33(2)21-11-5-3-8-16(21)19-14-20-17-9-4-6-13-24(17)43(25(20)15-23(19)33)32-18(10-7-12-22(32)34(40,41)42)26-27(35)29(37)31(39)30(38)28(26)36/h3-15H,1-2H3. The van der Waals surface area contributed by atoms with Crippen LogP contribution in [0.5, 0.6) is 0 Å². The molecule has 0 N–H and O–H groups in total. The second-order valence-electron chi connectivity index (χ2n) is 11.1. The average molecular weight is 594 g/mol. The molecule has 0 unspecified atom stereocenters. The molecule has 1 aliphatic carbocycles. The van der Waals surface area contributed by atoms with Crippen molar-refractivity contribution in [3.8, 4) is 27.9 Å². The average Bonchev–Trinajstić information content (AvgIpc) is 3.42. The molecule has 0 bridgehead atoms. The normalized spacial score (nSPS) is 14.0. The first-order valence-electron chi connectivity index (χ1n) is 13.2. The third-order valence-electron chi connectivity index (χ3n) is 8.42. The number of rotatable bonds is 2. The molecule has 216 valence electrons. The summed E-state index contributed by atoms with van der Waals surface area (Å²) in [5, 5.41) is 1.10. The van der Waals surface area contributed by atoms with Gasteiger partial charge in [-0.1, -0.05) is 68.4 Å². The zero-order chi connectivity index (χ0) is 30.6. The molecule has 1 nitrogen and oxygen atoms in total. The lowest BCUT2D eigenvalue weighted by molar-refractivity contribution is -0.137. The Morgan fingerprint density at radius 2 is 1.16 bits per heavy atom. The fourth-order valence-electron chi connectivity index (χ4n) is 6.46. The van der Waals surface area contributed by atoms with Gasteiger partial charge < -0.3 is 4.57 Å². The van der Waals surface area contributed by atoms with Crippen molar-refractivity contribution >= 4 is 21.8 Å². The molecule has 1 aliphatic rings. The number of nitrogens with zero attached hydrogens (tertiary/aromatic N) is 1. The highest BCUT2D eigenvalue weighted by molar-refractivity contribution is 6.12. The summed E-state index contributed by atoms with van der Waals surface area (Å²) in [6.07, 6.45) is -5.06. The van der Waals surface area contributed by atoms with Gasteiger partial charge in [-0.2, -0.15) is 13.2 Å². The fourth-order valence-corrected chi connectivity index (χ4v) is 6.46. The topological polar surface area (TPSA) is 4.93 Å². The van der Waals surface area contributed by atoms with Gasteiger partial charge in [-0.05, 0) is 46.5 Å². The fraction of sp³-hybridized carbons (Fsp3) is 0.118. The van der Waals surface area contributed by atoms with E-state index < -0.39 is 63.1 Å². The van der Waals surface area contributed by atoms with E-state index in [0.29, 0.717) is 10.8 Å². The number of benzene rings is 5. The Hall–Kier alpha value is -4.66. The summed E-state index contributed by atoms with van der Waals surface area (Å²) in [5.41, 5.74) is -0.618. The van der Waals surface area contributed by atoms with E-state index in [-0.39, 0.29) is 11.0 Å². The first-order chi connectivity index (χ1) is 20.3. The quantitative estimate of drug-likeness (QED) is 0.107. The molecule has 43 heavy (non-hydrogen) atoms. The predicted molar refractivity (Wildman–Crippen MR) is 149 cm³/mol. The van der Waals surface area contributed by atoms with Crippen LogP contribution >= 0.6 is 0 Å². The van der Waals surface area contributed by atoms with Crippen LogP contribution in [-0.2, 0) is 11.6 Å². The first-order valence-corrected chi connectivity index (χ1v) is 13.2. The molecule has 0 fully saturated rings. The monoisotopic (exact) mass is 593 g/mol. The number of para-hydroxylation sites is 2. The maximum absolute atomic E-state index is 15.2. The zero-order valence-corrected chi connectivity index (χ0v) is 22.5. The van der Waals surface area contributed by atoms with Gasteiger partial charge in [0.25, 0.3) is 0 Å². The van der Waals surface area contributed by atoms with E-state index in [1.165, 1.54) is 4.57 Å². The van der Waals surface area contributed by atoms with E-state index in [4.69, 9.17) is 0 Å². The van der Waals surface area contributed by atoms with Gasteiger partial charge in [0.05, 0.1) is 27.8 Å². The van der Waals surface area contributed by atoms with Crippen molar-refractivity contribution in [1.82, 2.24) is 4.57 Å². The number of hydrogen-bond acceptors (Lipinski definition) is 0. The molecule has 1 aromatic heterocycles. The van der Waals surface area contributed by atoms with Crippen LogP contribution in [0.2, 0.25) is 0 Å². The smallest absolute Gasteiger partial charge is 0.308 e. The van der Waals surface area contributed by atoms with Gasteiger partial charge >= 0.3 is 6.18 Å². The van der Waals surface area contributed by atoms with Crippen LogP contribution < -0.4 is 0 Å². The molecular formula is C34H19F8N. The lowest BCUT2D eigenvalue weighted by Gasteiger charge is -2.23. The highest BCUT2D eigenvalue weighted by atomic mass is 19.4. The maximum Gasteiger partial charge on any atom is 0.418 e. The van der Waals surface area contributed by atoms with Crippen LogP contribution in [0.4, 0.5) is 35.1 Å². The Morgan fingerprint density at radius 3 is 1.86 bits per heavy atom. The minimum Gasteiger partial charge on any atom is -0.308 e. The Kier molecular flexibility index (Phi) is 5.64. The number of hydrogen-bond donors (Lipinski definition) is 0. The third-order valence-corrected chi connectivity index (χ3v) is 8.42. The van der Waals surface area contributed by atoms with Crippen LogP contribution in [0.25, 0.3) is 49.7 Å². The SMILES string of the molecule is CC1(C)c2ccccc2-c2cc3c4ccccc4n(-c4c(-c5c(F)c(F)c(F)c(F)c5F)cccc4C(F)(F)F)c3cc21. The molecule has 0 amide bonds. The van der Waals surface area contributed by atoms with Crippen molar-refractivity contribution in [1.29, 1.82) is 0 Å². The molecule has 0 saturated carbocycles. The molecule has 0 aliphatic heterocycles. The van der Waals surface area contributed by atoms with E-state index in [9.17, 15) is 26.3 Å². The Labute approximate surface area is 239 Å². The van der Waals surface area contributed by atoms with Crippen LogP contribution in [-0.4, -0.2) is 4.57 Å². The minimum atomic E-state index is -5.06. The zero-order valence-electron chi connectivity index (χ0n) is 22.5. The van der Waals surface area contributed by atoms with Gasteiger partial charge in [0.2, 0.25) is 5.82 Å². The summed E-state index contributed by atoms with van der Waals surface area (Å²) >= 11 is 0. The highest BCUT2D eigenvalue weighted by Crippen LogP contribution is 2.52. The van der Waals surface area contributed by atoms with Crippen LogP contribution in [0.1, 0.15) is 30.5 Å². The molecule has 9 heteroatoms. The van der Waals surface area contributed by atoms with Gasteiger partial charge in [-0.15, -0.1) is 0 Å². The summed E-state index contributed by atoms with van der Waals surface area (Å²) < 4.78 is 118. The van der Waals surface area contributed by atoms with Crippen molar-refractivity contribution in [3.05, 3.63) is 125 Å². The van der Waals surface area contributed by atoms with Crippen molar-refractivity contribution in [2.75, 3.05) is 0 Å². The summed E-state index contributed by atoms with van der Waals surface area (Å²) in [5.74, 6) is -11.4. The van der Waals surface area contributed by atoms with Gasteiger partial charge in [0.15, 0.2) is 23.3 Å². The van der Waals surface area contributed by atoms with Crippen molar-refractivity contribution in [2.45, 2.75) is 25.4 Å². The predicted octanol–water partition coefficient (Wildman–Crippen LogP) is 10.5. The summed E-state index contributed by atoms with van der Waals surface area (Å²) in [7, 11) is 0. The van der Waals surface area contributed by atoms with Crippen molar-refractivity contribution in [2.24, 2.45) is 0 Å². The maximum atomic E-state index is 15.2. The molecule has 6 aromatic rings. The lowest BCUT2D eigenvalue weighted by Crippen LogP contribution is -2.15. The molecular weight excluding hydrogens is 574 g/mol. The Bertz CT molecular complexity index is 2120. The van der Waals surface area contributed by atoms with E-state index in [1.807, 2.05) is 44.2 Å². The largest absolute Gasteiger partial charge is 0.418 e. The van der Waals surface area contributed by atoms with Gasteiger partial charge in [-0.3, -0.25) is 0 Å². The van der Waals surface area contributed by atoms with Gasteiger partial charge in [0.1, 0.15) is 0 Å². The molecule has 5 aromatic carbocycles. The van der Waals surface area contributed by atoms with Gasteiger partial charge in [-0.25, -0.2) is 22.0 Å². The van der Waals surface area contributed by atoms with Crippen molar-refractivity contribution in [3.63, 3.8) is 0 Å². The van der Waals surface area contributed by atoms with Crippen molar-refractivity contribution < 1.29 is 35.1 Å². The second-order valence-corrected chi connectivity index (χ2v) is 11.1. The highest BCUT2D eigenvalue weighted by Gasteiger charge is 2.40. The summed E-state index contributed by atoms with van der Waals surface area (Å²) in [4.78, 5) is 0. The Morgan fingerprint density at radius 1 is 0.558 bits per heavy atom. The number of aromatic nitrogens is 1. The Balaban J connectivity index is 1.68. The second kappa shape index (κ2) is 8.92. The molecule has 0 spiro atoms. The molecule has 0 radical (unpaired) electrons. The number of fused-ring (bicyclic) bond motifs is 6. The van der Waals surface area contributed by atoms with Crippen LogP contribution in [0.3, 0.4) is 0 Å². The summed E-state index contributed by atoms with van der Waals surface area (Å²) in [6, 6.07) is 20.5. The van der Waals surface area contributed by atoms with E-state index >= 15 is 8.78 Å². The summed E-state index contributed by atoms with van der Waals surface area (Å²) in [6.45, 7) is 3.97. The molecule has 0 saturated heterocycles. The van der Waals surface area contributed by atoms with Crippen LogP contribution in [0.15, 0.2) is 78.9 Å². The van der Waals surface area contributed by atoms with E-state index in [0.717, 1.165) is 40.5 Å². The first kappa shape index (κ1) is 27.2. The van der Waals surface area contributed by atoms with E-state index in [1.54, 1.807) is 30.3 Å². The number of halogens is 8. The molecule has 1 heterocycles. The molecule has 7 rings (SSSR count). The van der Waals surface area contributed by atoms with E-state index in [2.05, 4.69) is 0 Å². The minimum absolute atomic E-state index is 0.258. The lowest BCUT2D eigenvalue weighted by atomic mass is 9.82. The number of alkyl halides is 3. The van der Waals surface area contributed by atoms with Gasteiger partial charge in [0, 0.05) is 21.8 Å².